The second-order valence-electron chi connectivity index (χ2n) is 10.8. The second kappa shape index (κ2) is 17.6. The molecule has 44 heavy (non-hydrogen) atoms. The lowest BCUT2D eigenvalue weighted by atomic mass is 9.96. The van der Waals surface area contributed by atoms with E-state index in [4.69, 9.17) is 34.2 Å². The Hall–Kier alpha value is -1.21. The first kappa shape index (κ1) is 37.2. The molecule has 3 fully saturated rings. The molecule has 3 saturated heterocycles. The van der Waals surface area contributed by atoms with Crippen LogP contribution in [0.2, 0.25) is 0 Å². The predicted octanol–water partition coefficient (Wildman–Crippen LogP) is -7.30. The van der Waals surface area contributed by atoms with Crippen molar-refractivity contribution in [2.45, 2.75) is 111 Å². The number of hydrogen-bond donors (Lipinski definition) is 12. The molecule has 0 aliphatic carbocycles. The zero-order chi connectivity index (χ0) is 32.6. The molecule has 3 aliphatic rings. The maximum atomic E-state index is 12.0. The van der Waals surface area contributed by atoms with Crippen LogP contribution < -0.4 is 11.1 Å². The topological polar surface area (TPSA) is 313 Å². The predicted molar refractivity (Wildman–Crippen MR) is 141 cm³/mol. The lowest BCUT2D eigenvalue weighted by molar-refractivity contribution is -0.393. The number of rotatable bonds is 15. The first-order valence-corrected chi connectivity index (χ1v) is 14.4. The van der Waals surface area contributed by atoms with Crippen LogP contribution >= 0.6 is 0 Å². The van der Waals surface area contributed by atoms with E-state index in [1.807, 2.05) is 0 Å². The van der Waals surface area contributed by atoms with Crippen molar-refractivity contribution in [1.29, 1.82) is 0 Å². The highest BCUT2D eigenvalue weighted by atomic mass is 16.8. The summed E-state index contributed by atoms with van der Waals surface area (Å²) in [6, 6.07) is 0. The highest BCUT2D eigenvalue weighted by molar-refractivity contribution is 5.75. The molecule has 0 aromatic heterocycles. The Labute approximate surface area is 252 Å². The fourth-order valence-corrected chi connectivity index (χ4v) is 5.02. The van der Waals surface area contributed by atoms with Crippen LogP contribution in [0.1, 0.15) is 19.3 Å². The second-order valence-corrected chi connectivity index (χ2v) is 10.8. The average molecular weight is 647 g/mol. The van der Waals surface area contributed by atoms with Gasteiger partial charge in [-0.1, -0.05) is 0 Å². The fourth-order valence-electron chi connectivity index (χ4n) is 5.02. The highest BCUT2D eigenvalue weighted by Gasteiger charge is 2.54. The molecule has 15 atom stereocenters. The Morgan fingerprint density at radius 1 is 0.636 bits per heavy atom. The van der Waals surface area contributed by atoms with Crippen molar-refractivity contribution in [2.75, 3.05) is 39.5 Å². The van der Waals surface area contributed by atoms with Crippen LogP contribution in [0.4, 0.5) is 0 Å². The number of aliphatic hydroxyl groups excluding tert-OH is 10. The molecule has 3 rings (SSSR count). The quantitative estimate of drug-likeness (QED) is 0.0735. The summed E-state index contributed by atoms with van der Waals surface area (Å²) in [6.07, 6.45) is -23.8. The number of hydrogen-bond acceptors (Lipinski definition) is 18. The SMILES string of the molecule is NCCCCC(=O)NCCO[C@H]1OC(CO)[C@@H](O)[C@H](O)C1O[C@H]1OC(CO)[C@@H](O)[C@H](O)C1O[C@@H]1OC(CO)[C@@H](O)[C@H](O)C1O. The van der Waals surface area contributed by atoms with E-state index in [-0.39, 0.29) is 25.5 Å². The van der Waals surface area contributed by atoms with Gasteiger partial charge in [0.25, 0.3) is 0 Å². The van der Waals surface area contributed by atoms with E-state index in [9.17, 15) is 55.9 Å². The van der Waals surface area contributed by atoms with Gasteiger partial charge in [0, 0.05) is 13.0 Å². The van der Waals surface area contributed by atoms with Crippen molar-refractivity contribution in [3.05, 3.63) is 0 Å². The molecule has 0 radical (unpaired) electrons. The van der Waals surface area contributed by atoms with Gasteiger partial charge in [0.1, 0.15) is 73.2 Å². The normalized spacial score (nSPS) is 43.1. The largest absolute Gasteiger partial charge is 0.394 e. The molecule has 3 aliphatic heterocycles. The number of ether oxygens (including phenoxy) is 6. The van der Waals surface area contributed by atoms with Gasteiger partial charge in [-0.05, 0) is 19.4 Å². The fraction of sp³-hybridized carbons (Fsp3) is 0.960. The van der Waals surface area contributed by atoms with Gasteiger partial charge in [0.05, 0.1) is 26.4 Å². The Morgan fingerprint density at radius 3 is 1.66 bits per heavy atom. The maximum absolute atomic E-state index is 12.0. The first-order valence-electron chi connectivity index (χ1n) is 14.4. The Balaban J connectivity index is 1.77. The number of nitrogens with two attached hydrogens (primary N) is 1. The summed E-state index contributed by atoms with van der Waals surface area (Å²) in [5, 5.41) is 105. The molecule has 0 saturated carbocycles. The average Bonchev–Trinajstić information content (AvgIpc) is 3.01. The van der Waals surface area contributed by atoms with Crippen molar-refractivity contribution in [2.24, 2.45) is 5.73 Å². The summed E-state index contributed by atoms with van der Waals surface area (Å²) in [5.41, 5.74) is 5.42. The number of unbranched alkanes of at least 4 members (excludes halogenated alkanes) is 1. The van der Waals surface area contributed by atoms with Crippen LogP contribution in [0.3, 0.4) is 0 Å². The third kappa shape index (κ3) is 8.98. The summed E-state index contributed by atoms with van der Waals surface area (Å²) in [5.74, 6) is -0.255. The van der Waals surface area contributed by atoms with Crippen LogP contribution in [0, 0.1) is 0 Å². The van der Waals surface area contributed by atoms with Crippen LogP contribution in [-0.2, 0) is 33.2 Å². The van der Waals surface area contributed by atoms with Crippen LogP contribution in [0.5, 0.6) is 0 Å². The Bertz CT molecular complexity index is 859. The number of amides is 1. The zero-order valence-electron chi connectivity index (χ0n) is 23.9. The van der Waals surface area contributed by atoms with E-state index in [2.05, 4.69) is 5.32 Å². The molecule has 3 heterocycles. The molecule has 258 valence electrons. The molecular weight excluding hydrogens is 600 g/mol. The molecule has 19 nitrogen and oxygen atoms in total. The van der Waals surface area contributed by atoms with Crippen molar-refractivity contribution in [3.8, 4) is 0 Å². The standard InChI is InChI=1S/C25H46N2O17/c26-4-2-1-3-13(31)27-5-6-39-24-21(18(36)15(33)11(8-29)41-24)44-25-22(19(37)16(34)12(9-30)42-25)43-23-20(38)17(35)14(32)10(7-28)40-23/h10-12,14-25,28-30,32-38H,1-9,26H2,(H,27,31)/t10?,11?,12?,14-,15-,16-,17+,18+,19+,20?,21?,22?,23+,24+,25-/m1/s1. The van der Waals surface area contributed by atoms with Crippen molar-refractivity contribution in [1.82, 2.24) is 5.32 Å². The van der Waals surface area contributed by atoms with E-state index < -0.39 is 112 Å². The third-order valence-electron chi connectivity index (χ3n) is 7.64. The Kier molecular flexibility index (Phi) is 14.9. The first-order chi connectivity index (χ1) is 21.0. The van der Waals surface area contributed by atoms with Gasteiger partial charge in [0.15, 0.2) is 18.9 Å². The lowest BCUT2D eigenvalue weighted by Gasteiger charge is -2.48. The summed E-state index contributed by atoms with van der Waals surface area (Å²) >= 11 is 0. The van der Waals surface area contributed by atoms with Gasteiger partial charge >= 0.3 is 0 Å². The number of carbonyl (C=O) groups is 1. The maximum Gasteiger partial charge on any atom is 0.220 e. The van der Waals surface area contributed by atoms with Crippen LogP contribution in [0.25, 0.3) is 0 Å². The smallest absolute Gasteiger partial charge is 0.220 e. The molecule has 19 heteroatoms. The lowest BCUT2D eigenvalue weighted by Crippen LogP contribution is -2.67. The third-order valence-corrected chi connectivity index (χ3v) is 7.64. The van der Waals surface area contributed by atoms with E-state index in [1.165, 1.54) is 0 Å². The summed E-state index contributed by atoms with van der Waals surface area (Å²) in [4.78, 5) is 12.0. The van der Waals surface area contributed by atoms with Crippen LogP contribution in [-0.4, -0.2) is 189 Å². The monoisotopic (exact) mass is 646 g/mol. The van der Waals surface area contributed by atoms with E-state index >= 15 is 0 Å². The van der Waals surface area contributed by atoms with E-state index in [0.29, 0.717) is 19.4 Å². The molecule has 6 unspecified atom stereocenters. The van der Waals surface area contributed by atoms with Gasteiger partial charge in [-0.25, -0.2) is 0 Å². The number of nitrogens with one attached hydrogen (secondary N) is 1. The minimum Gasteiger partial charge on any atom is -0.394 e. The number of carbonyl (C=O) groups excluding carboxylic acids is 1. The van der Waals surface area contributed by atoms with Crippen LogP contribution in [0.15, 0.2) is 0 Å². The molecule has 0 bridgehead atoms. The van der Waals surface area contributed by atoms with Crippen molar-refractivity contribution < 1.29 is 84.3 Å². The van der Waals surface area contributed by atoms with Gasteiger partial charge in [-0.3, -0.25) is 4.79 Å². The molecule has 0 aromatic rings. The van der Waals surface area contributed by atoms with Crippen molar-refractivity contribution in [3.63, 3.8) is 0 Å². The van der Waals surface area contributed by atoms with E-state index in [0.717, 1.165) is 0 Å². The van der Waals surface area contributed by atoms with E-state index in [1.54, 1.807) is 0 Å². The van der Waals surface area contributed by atoms with Crippen molar-refractivity contribution >= 4 is 5.91 Å². The number of aliphatic hydroxyl groups is 10. The minimum atomic E-state index is -1.91. The van der Waals surface area contributed by atoms with Gasteiger partial charge in [-0.15, -0.1) is 0 Å². The molecule has 0 spiro atoms. The molecular formula is C25H46N2O17. The summed E-state index contributed by atoms with van der Waals surface area (Å²) < 4.78 is 33.6. The summed E-state index contributed by atoms with van der Waals surface area (Å²) in [7, 11) is 0. The molecule has 0 aromatic carbocycles. The zero-order valence-corrected chi connectivity index (χ0v) is 23.9. The van der Waals surface area contributed by atoms with Gasteiger partial charge in [-0.2, -0.15) is 0 Å². The molecule has 13 N–H and O–H groups in total. The summed E-state index contributed by atoms with van der Waals surface area (Å²) in [6.45, 7) is -2.03. The minimum absolute atomic E-state index is 0.0107. The molecule has 1 amide bonds. The Morgan fingerprint density at radius 2 is 1.11 bits per heavy atom. The highest BCUT2D eigenvalue weighted by Crippen LogP contribution is 2.33. The van der Waals surface area contributed by atoms with Gasteiger partial charge < -0.3 is 90.5 Å². The van der Waals surface area contributed by atoms with Gasteiger partial charge in [0.2, 0.25) is 5.91 Å².